The van der Waals surface area contributed by atoms with Crippen LogP contribution in [0.4, 0.5) is 5.69 Å². The number of hydrogen-bond donors (Lipinski definition) is 1. The third-order valence-corrected chi connectivity index (χ3v) is 2.76. The molecule has 0 saturated heterocycles. The van der Waals surface area contributed by atoms with Gasteiger partial charge in [-0.1, -0.05) is 15.9 Å². The van der Waals surface area contributed by atoms with Gasteiger partial charge in [-0.15, -0.1) is 0 Å². The van der Waals surface area contributed by atoms with Crippen LogP contribution in [0.3, 0.4) is 0 Å². The van der Waals surface area contributed by atoms with Crippen LogP contribution in [0.1, 0.15) is 12.5 Å². The molecule has 0 aliphatic heterocycles. The van der Waals surface area contributed by atoms with E-state index >= 15 is 0 Å². The van der Waals surface area contributed by atoms with Crippen LogP contribution < -0.4 is 5.73 Å². The minimum absolute atomic E-state index is 0.556. The fourth-order valence-electron chi connectivity index (χ4n) is 0.969. The molecule has 1 aromatic carbocycles. The lowest BCUT2D eigenvalue weighted by molar-refractivity contribution is 0.134. The molecule has 0 bridgehead atoms. The van der Waals surface area contributed by atoms with Crippen LogP contribution in [-0.2, 0) is 11.3 Å². The molecule has 2 N–H and O–H groups in total. The summed E-state index contributed by atoms with van der Waals surface area (Å²) in [4.78, 5) is 0. The summed E-state index contributed by atoms with van der Waals surface area (Å²) in [5.41, 5.74) is 7.59. The van der Waals surface area contributed by atoms with Crippen LogP contribution in [0.2, 0.25) is 0 Å². The second kappa shape index (κ2) is 4.98. The molecule has 0 fully saturated rings. The molecule has 1 aromatic rings. The Morgan fingerprint density at radius 1 is 1.38 bits per heavy atom. The predicted octanol–water partition coefficient (Wildman–Crippen LogP) is 3.33. The average molecular weight is 309 g/mol. The molecule has 72 valence electrons. The van der Waals surface area contributed by atoms with Gasteiger partial charge in [-0.05, 0) is 35.0 Å². The van der Waals surface area contributed by atoms with Crippen LogP contribution in [0.25, 0.3) is 0 Å². The van der Waals surface area contributed by atoms with Crippen LogP contribution in [0, 0.1) is 0 Å². The number of ether oxygens (including phenoxy) is 1. The van der Waals surface area contributed by atoms with Crippen LogP contribution in [-0.4, -0.2) is 6.61 Å². The highest BCUT2D eigenvalue weighted by atomic mass is 79.9. The van der Waals surface area contributed by atoms with E-state index in [1.54, 1.807) is 0 Å². The Hall–Kier alpha value is -0.0600. The van der Waals surface area contributed by atoms with Crippen molar-refractivity contribution in [3.8, 4) is 0 Å². The van der Waals surface area contributed by atoms with E-state index in [1.165, 1.54) is 0 Å². The van der Waals surface area contributed by atoms with Crippen molar-refractivity contribution in [1.29, 1.82) is 0 Å². The Kier molecular flexibility index (Phi) is 4.22. The maximum atomic E-state index is 5.84. The van der Waals surface area contributed by atoms with Crippen molar-refractivity contribution in [2.24, 2.45) is 0 Å². The molecule has 0 amide bonds. The van der Waals surface area contributed by atoms with Crippen molar-refractivity contribution >= 4 is 37.5 Å². The van der Waals surface area contributed by atoms with Gasteiger partial charge in [0.05, 0.1) is 12.3 Å². The quantitative estimate of drug-likeness (QED) is 0.869. The molecule has 0 saturated carbocycles. The van der Waals surface area contributed by atoms with E-state index in [2.05, 4.69) is 31.9 Å². The fourth-order valence-corrected chi connectivity index (χ4v) is 2.28. The zero-order valence-electron chi connectivity index (χ0n) is 7.31. The molecule has 0 aromatic heterocycles. The number of anilines is 1. The lowest BCUT2D eigenvalue weighted by Crippen LogP contribution is -1.98. The summed E-state index contributed by atoms with van der Waals surface area (Å²) in [5.74, 6) is 0. The zero-order chi connectivity index (χ0) is 9.84. The van der Waals surface area contributed by atoms with Gasteiger partial charge in [-0.25, -0.2) is 0 Å². The summed E-state index contributed by atoms with van der Waals surface area (Å²) in [6.07, 6.45) is 0. The standard InChI is InChI=1S/C9H11Br2NO/c1-2-13-5-6-3-7(10)4-8(11)9(6)12/h3-4H,2,5,12H2,1H3. The highest BCUT2D eigenvalue weighted by Gasteiger charge is 2.04. The first-order valence-corrected chi connectivity index (χ1v) is 5.55. The van der Waals surface area contributed by atoms with Gasteiger partial charge in [0.1, 0.15) is 0 Å². The molecule has 13 heavy (non-hydrogen) atoms. The van der Waals surface area contributed by atoms with E-state index in [0.717, 1.165) is 20.2 Å². The maximum Gasteiger partial charge on any atom is 0.0737 e. The number of hydrogen-bond acceptors (Lipinski definition) is 2. The third kappa shape index (κ3) is 2.97. The smallest absolute Gasteiger partial charge is 0.0737 e. The summed E-state index contributed by atoms with van der Waals surface area (Å²) in [7, 11) is 0. The van der Waals surface area contributed by atoms with Gasteiger partial charge in [0.2, 0.25) is 0 Å². The van der Waals surface area contributed by atoms with E-state index in [-0.39, 0.29) is 0 Å². The Morgan fingerprint density at radius 2 is 2.08 bits per heavy atom. The first kappa shape index (κ1) is 11.0. The van der Waals surface area contributed by atoms with Crippen molar-refractivity contribution in [3.63, 3.8) is 0 Å². The van der Waals surface area contributed by atoms with E-state index < -0.39 is 0 Å². The summed E-state index contributed by atoms with van der Waals surface area (Å²) >= 11 is 6.78. The van der Waals surface area contributed by atoms with Crippen molar-refractivity contribution in [2.75, 3.05) is 12.3 Å². The lowest BCUT2D eigenvalue weighted by atomic mass is 10.2. The van der Waals surface area contributed by atoms with Gasteiger partial charge in [-0.3, -0.25) is 0 Å². The highest BCUT2D eigenvalue weighted by Crippen LogP contribution is 2.28. The van der Waals surface area contributed by atoms with Crippen molar-refractivity contribution in [3.05, 3.63) is 26.6 Å². The molecule has 2 nitrogen and oxygen atoms in total. The third-order valence-electron chi connectivity index (χ3n) is 1.64. The Bertz CT molecular complexity index is 302. The molecule has 0 unspecified atom stereocenters. The summed E-state index contributed by atoms with van der Waals surface area (Å²) < 4.78 is 7.19. The topological polar surface area (TPSA) is 35.2 Å². The molecule has 1 rings (SSSR count). The Balaban J connectivity index is 2.92. The molecule has 0 aliphatic rings. The number of rotatable bonds is 3. The van der Waals surface area contributed by atoms with E-state index in [9.17, 15) is 0 Å². The zero-order valence-corrected chi connectivity index (χ0v) is 10.5. The predicted molar refractivity (Wildman–Crippen MR) is 61.6 cm³/mol. The molecule has 0 atom stereocenters. The first-order chi connectivity index (χ1) is 6.15. The van der Waals surface area contributed by atoms with Gasteiger partial charge in [0, 0.05) is 21.1 Å². The minimum atomic E-state index is 0.556. The molecule has 0 aliphatic carbocycles. The van der Waals surface area contributed by atoms with Crippen molar-refractivity contribution in [2.45, 2.75) is 13.5 Å². The summed E-state index contributed by atoms with van der Waals surface area (Å²) in [5, 5.41) is 0. The summed E-state index contributed by atoms with van der Waals surface area (Å²) in [6, 6.07) is 3.89. The molecule has 0 radical (unpaired) electrons. The van der Waals surface area contributed by atoms with Crippen LogP contribution in [0.5, 0.6) is 0 Å². The average Bonchev–Trinajstić information content (AvgIpc) is 2.09. The molecular formula is C9H11Br2NO. The minimum Gasteiger partial charge on any atom is -0.398 e. The maximum absolute atomic E-state index is 5.84. The number of nitrogens with two attached hydrogens (primary N) is 1. The first-order valence-electron chi connectivity index (χ1n) is 3.96. The number of benzene rings is 1. The second-order valence-corrected chi connectivity index (χ2v) is 4.37. The molecular weight excluding hydrogens is 298 g/mol. The van der Waals surface area contributed by atoms with Crippen LogP contribution in [0.15, 0.2) is 21.1 Å². The van der Waals surface area contributed by atoms with E-state index in [0.29, 0.717) is 13.2 Å². The second-order valence-electron chi connectivity index (χ2n) is 2.60. The molecule has 0 heterocycles. The Labute approximate surface area is 94.7 Å². The summed E-state index contributed by atoms with van der Waals surface area (Å²) in [6.45, 7) is 3.22. The monoisotopic (exact) mass is 307 g/mol. The van der Waals surface area contributed by atoms with E-state index in [4.69, 9.17) is 10.5 Å². The SMILES string of the molecule is CCOCc1cc(Br)cc(Br)c1N. The van der Waals surface area contributed by atoms with Crippen molar-refractivity contribution < 1.29 is 4.74 Å². The largest absolute Gasteiger partial charge is 0.398 e. The van der Waals surface area contributed by atoms with Gasteiger partial charge in [0.25, 0.3) is 0 Å². The van der Waals surface area contributed by atoms with E-state index in [1.807, 2.05) is 19.1 Å². The molecule has 4 heteroatoms. The number of halogens is 2. The van der Waals surface area contributed by atoms with Crippen LogP contribution >= 0.6 is 31.9 Å². The fraction of sp³-hybridized carbons (Fsp3) is 0.333. The van der Waals surface area contributed by atoms with Gasteiger partial charge in [-0.2, -0.15) is 0 Å². The van der Waals surface area contributed by atoms with Gasteiger partial charge in [0.15, 0.2) is 0 Å². The van der Waals surface area contributed by atoms with Gasteiger partial charge >= 0.3 is 0 Å². The lowest BCUT2D eigenvalue weighted by Gasteiger charge is -2.08. The number of nitrogen functional groups attached to an aromatic ring is 1. The highest BCUT2D eigenvalue weighted by molar-refractivity contribution is 9.11. The van der Waals surface area contributed by atoms with Crippen molar-refractivity contribution in [1.82, 2.24) is 0 Å². The van der Waals surface area contributed by atoms with Gasteiger partial charge < -0.3 is 10.5 Å². The molecule has 0 spiro atoms. The Morgan fingerprint density at radius 3 is 2.69 bits per heavy atom. The normalized spacial score (nSPS) is 10.4.